The third-order valence-corrected chi connectivity index (χ3v) is 7.16. The van der Waals surface area contributed by atoms with E-state index in [-0.39, 0.29) is 16.7 Å². The van der Waals surface area contributed by atoms with Gasteiger partial charge in [-0.1, -0.05) is 0 Å². The number of ether oxygens (including phenoxy) is 1. The highest BCUT2D eigenvalue weighted by molar-refractivity contribution is 7.91. The molecule has 12 heteroatoms. The van der Waals surface area contributed by atoms with Crippen molar-refractivity contribution in [2.75, 3.05) is 49.6 Å². The first kappa shape index (κ1) is 21.4. The molecule has 29 heavy (non-hydrogen) atoms. The molecule has 1 saturated heterocycles. The lowest BCUT2D eigenvalue weighted by Gasteiger charge is -2.27. The molecule has 0 unspecified atom stereocenters. The van der Waals surface area contributed by atoms with Gasteiger partial charge in [-0.25, -0.2) is 23.1 Å². The van der Waals surface area contributed by atoms with Gasteiger partial charge in [0.1, 0.15) is 22.2 Å². The van der Waals surface area contributed by atoms with Crippen molar-refractivity contribution >= 4 is 38.9 Å². The molecule has 1 aliphatic heterocycles. The van der Waals surface area contributed by atoms with E-state index in [1.54, 1.807) is 6.07 Å². The zero-order valence-electron chi connectivity index (χ0n) is 16.1. The van der Waals surface area contributed by atoms with Gasteiger partial charge >= 0.3 is 0 Å². The Morgan fingerprint density at radius 2 is 2.03 bits per heavy atom. The molecule has 3 N–H and O–H groups in total. The predicted octanol–water partition coefficient (Wildman–Crippen LogP) is 0.401. The van der Waals surface area contributed by atoms with Crippen molar-refractivity contribution in [3.63, 3.8) is 0 Å². The molecule has 1 aliphatic rings. The number of anilines is 2. The molecule has 1 amide bonds. The highest BCUT2D eigenvalue weighted by Crippen LogP contribution is 2.21. The molecule has 3 rings (SSSR count). The Hall–Kier alpha value is -2.28. The molecule has 0 aromatic carbocycles. The summed E-state index contributed by atoms with van der Waals surface area (Å²) in [6.07, 6.45) is 1.49. The fourth-order valence-electron chi connectivity index (χ4n) is 2.67. The smallest absolute Gasteiger partial charge is 0.250 e. The van der Waals surface area contributed by atoms with Crippen LogP contribution in [0.2, 0.25) is 0 Å². The zero-order valence-corrected chi connectivity index (χ0v) is 17.7. The lowest BCUT2D eigenvalue weighted by Crippen LogP contribution is -2.36. The van der Waals surface area contributed by atoms with Crippen LogP contribution >= 0.6 is 11.3 Å². The molecule has 10 nitrogen and oxygen atoms in total. The van der Waals surface area contributed by atoms with Crippen LogP contribution in [0.25, 0.3) is 0 Å². The number of morpholine rings is 1. The number of carbonyl (C=O) groups is 1. The number of aromatic nitrogens is 2. The largest absolute Gasteiger partial charge is 0.378 e. The van der Waals surface area contributed by atoms with Crippen LogP contribution in [0.5, 0.6) is 0 Å². The zero-order chi connectivity index (χ0) is 20.7. The highest BCUT2D eigenvalue weighted by Gasteiger charge is 2.17. The molecule has 3 heterocycles. The number of amides is 1. The summed E-state index contributed by atoms with van der Waals surface area (Å²) in [5.74, 6) is 1.29. The number of rotatable bonds is 9. The normalized spacial score (nSPS) is 14.6. The highest BCUT2D eigenvalue weighted by atomic mass is 32.2. The minimum absolute atomic E-state index is 0.159. The summed E-state index contributed by atoms with van der Waals surface area (Å²) in [5, 5.41) is 5.76. The molecule has 0 atom stereocenters. The molecule has 158 valence electrons. The number of hydrogen-bond acceptors (Lipinski definition) is 9. The maximum atomic E-state index is 12.4. The van der Waals surface area contributed by atoms with E-state index in [0.717, 1.165) is 35.1 Å². The summed E-state index contributed by atoms with van der Waals surface area (Å²) < 4.78 is 32.9. The Bertz CT molecular complexity index is 928. The van der Waals surface area contributed by atoms with Gasteiger partial charge in [0, 0.05) is 44.0 Å². The average molecular weight is 441 g/mol. The van der Waals surface area contributed by atoms with Gasteiger partial charge in [0.15, 0.2) is 0 Å². The van der Waals surface area contributed by atoms with Crippen molar-refractivity contribution in [2.45, 2.75) is 17.7 Å². The molecular formula is C17H24N6O4S2. The average Bonchev–Trinajstić information content (AvgIpc) is 3.21. The van der Waals surface area contributed by atoms with E-state index in [1.807, 2.05) is 6.07 Å². The number of nitrogens with zero attached hydrogens (tertiary/aromatic N) is 3. The molecule has 1 fully saturated rings. The molecule has 0 bridgehead atoms. The van der Waals surface area contributed by atoms with Crippen LogP contribution < -0.4 is 20.3 Å². The van der Waals surface area contributed by atoms with E-state index in [2.05, 4.69) is 30.2 Å². The fourth-order valence-corrected chi connectivity index (χ4v) is 5.04. The van der Waals surface area contributed by atoms with E-state index in [0.29, 0.717) is 32.1 Å². The summed E-state index contributed by atoms with van der Waals surface area (Å²) in [6, 6.07) is 5.07. The first-order valence-corrected chi connectivity index (χ1v) is 11.5. The van der Waals surface area contributed by atoms with Gasteiger partial charge in [-0.3, -0.25) is 4.79 Å². The Morgan fingerprint density at radius 1 is 1.24 bits per heavy atom. The van der Waals surface area contributed by atoms with Crippen LogP contribution in [0, 0.1) is 0 Å². The lowest BCUT2D eigenvalue weighted by molar-refractivity contribution is -0.119. The minimum Gasteiger partial charge on any atom is -0.378 e. The van der Waals surface area contributed by atoms with Crippen LogP contribution in [0.1, 0.15) is 11.8 Å². The summed E-state index contributed by atoms with van der Waals surface area (Å²) in [6.45, 7) is 5.22. The SMILES string of the molecule is CC(=O)NCc1ccc(S(=O)(=O)NCCNc2cc(N3CCOCC3)ncn2)s1. The topological polar surface area (TPSA) is 126 Å². The van der Waals surface area contributed by atoms with E-state index < -0.39 is 10.0 Å². The monoisotopic (exact) mass is 440 g/mol. The third kappa shape index (κ3) is 6.35. The Morgan fingerprint density at radius 3 is 2.79 bits per heavy atom. The van der Waals surface area contributed by atoms with Gasteiger partial charge in [-0.2, -0.15) is 0 Å². The van der Waals surface area contributed by atoms with Crippen LogP contribution in [0.3, 0.4) is 0 Å². The van der Waals surface area contributed by atoms with Crippen molar-refractivity contribution in [2.24, 2.45) is 0 Å². The molecule has 0 saturated carbocycles. The van der Waals surface area contributed by atoms with Gasteiger partial charge < -0.3 is 20.3 Å². The van der Waals surface area contributed by atoms with Crippen molar-refractivity contribution in [1.29, 1.82) is 0 Å². The second-order valence-electron chi connectivity index (χ2n) is 6.32. The predicted molar refractivity (Wildman–Crippen MR) is 111 cm³/mol. The molecule has 0 aliphatic carbocycles. The van der Waals surface area contributed by atoms with Crippen molar-refractivity contribution in [1.82, 2.24) is 20.0 Å². The minimum atomic E-state index is -3.60. The molecule has 2 aromatic rings. The van der Waals surface area contributed by atoms with Gasteiger partial charge in [0.2, 0.25) is 15.9 Å². The van der Waals surface area contributed by atoms with Gasteiger partial charge in [0.25, 0.3) is 0 Å². The second-order valence-corrected chi connectivity index (χ2v) is 9.48. The Kier molecular flexibility index (Phi) is 7.36. The van der Waals surface area contributed by atoms with Gasteiger partial charge in [0.05, 0.1) is 19.8 Å². The quantitative estimate of drug-likeness (QED) is 0.479. The Labute approximate surface area is 173 Å². The van der Waals surface area contributed by atoms with Gasteiger partial charge in [-0.05, 0) is 12.1 Å². The van der Waals surface area contributed by atoms with E-state index in [9.17, 15) is 13.2 Å². The van der Waals surface area contributed by atoms with Crippen molar-refractivity contribution in [3.05, 3.63) is 29.4 Å². The maximum Gasteiger partial charge on any atom is 0.250 e. The van der Waals surface area contributed by atoms with Crippen LogP contribution in [-0.2, 0) is 26.1 Å². The van der Waals surface area contributed by atoms with Crippen LogP contribution in [0.4, 0.5) is 11.6 Å². The van der Waals surface area contributed by atoms with E-state index in [1.165, 1.54) is 19.3 Å². The van der Waals surface area contributed by atoms with Crippen molar-refractivity contribution < 1.29 is 17.9 Å². The van der Waals surface area contributed by atoms with Crippen LogP contribution in [0.15, 0.2) is 28.7 Å². The fraction of sp³-hybridized carbons (Fsp3) is 0.471. The summed E-state index contributed by atoms with van der Waals surface area (Å²) in [5.41, 5.74) is 0. The number of carbonyl (C=O) groups excluding carboxylic acids is 1. The number of sulfonamides is 1. The summed E-state index contributed by atoms with van der Waals surface area (Å²) in [7, 11) is -3.60. The van der Waals surface area contributed by atoms with E-state index >= 15 is 0 Å². The molecule has 0 spiro atoms. The maximum absolute atomic E-state index is 12.4. The first-order chi connectivity index (χ1) is 13.9. The standard InChI is InChI=1S/C17H24N6O4S2/c1-13(24)19-11-14-2-3-17(28-14)29(25,26)22-5-4-18-15-10-16(21-12-20-15)23-6-8-27-9-7-23/h2-3,10,12,22H,4-9,11H2,1H3,(H,19,24)(H,18,20,21). The second kappa shape index (κ2) is 9.96. The molecule has 0 radical (unpaired) electrons. The lowest BCUT2D eigenvalue weighted by atomic mass is 10.4. The van der Waals surface area contributed by atoms with Gasteiger partial charge in [-0.15, -0.1) is 11.3 Å². The van der Waals surface area contributed by atoms with Crippen molar-refractivity contribution in [3.8, 4) is 0 Å². The molecular weight excluding hydrogens is 416 g/mol. The Balaban J connectivity index is 1.48. The summed E-state index contributed by atoms with van der Waals surface area (Å²) >= 11 is 1.13. The first-order valence-electron chi connectivity index (χ1n) is 9.15. The summed E-state index contributed by atoms with van der Waals surface area (Å²) in [4.78, 5) is 22.3. The third-order valence-electron chi connectivity index (χ3n) is 4.12. The van der Waals surface area contributed by atoms with Crippen LogP contribution in [-0.4, -0.2) is 63.7 Å². The number of nitrogens with one attached hydrogen (secondary N) is 3. The molecule has 2 aromatic heterocycles. The number of hydrogen-bond donors (Lipinski definition) is 3. The van der Waals surface area contributed by atoms with E-state index in [4.69, 9.17) is 4.74 Å². The number of thiophene rings is 1.